The normalized spacial score (nSPS) is 11.0. The molecule has 1 heterocycles. The van der Waals surface area contributed by atoms with Gasteiger partial charge in [0, 0.05) is 31.2 Å². The molecule has 6 heteroatoms. The van der Waals surface area contributed by atoms with Crippen LogP contribution < -0.4 is 5.32 Å². The number of phenolic OH excluding ortho intramolecular Hbond substituents is 1. The lowest BCUT2D eigenvalue weighted by Gasteiger charge is -2.09. The van der Waals surface area contributed by atoms with Gasteiger partial charge in [0.1, 0.15) is 5.75 Å². The van der Waals surface area contributed by atoms with E-state index in [1.54, 1.807) is 13.0 Å². The van der Waals surface area contributed by atoms with Crippen molar-refractivity contribution in [2.24, 2.45) is 7.05 Å². The number of aryl methyl sites for hydroxylation is 1. The Labute approximate surface area is 160 Å². The second-order valence-electron chi connectivity index (χ2n) is 6.01. The van der Waals surface area contributed by atoms with Gasteiger partial charge in [0.25, 0.3) is 0 Å². The molecule has 0 aliphatic heterocycles. The molecule has 26 heavy (non-hydrogen) atoms. The Kier molecular flexibility index (Phi) is 5.64. The average Bonchev–Trinajstić information content (AvgIpc) is 2.89. The van der Waals surface area contributed by atoms with Gasteiger partial charge in [-0.2, -0.15) is 0 Å². The highest BCUT2D eigenvalue weighted by atomic mass is 79.9. The average molecular weight is 417 g/mol. The van der Waals surface area contributed by atoms with Crippen molar-refractivity contribution in [1.82, 2.24) is 9.88 Å². The zero-order valence-corrected chi connectivity index (χ0v) is 16.3. The van der Waals surface area contributed by atoms with E-state index >= 15 is 0 Å². The van der Waals surface area contributed by atoms with Crippen molar-refractivity contribution in [3.63, 3.8) is 0 Å². The van der Waals surface area contributed by atoms with Crippen molar-refractivity contribution >= 4 is 32.8 Å². The van der Waals surface area contributed by atoms with Gasteiger partial charge in [0.2, 0.25) is 0 Å². The van der Waals surface area contributed by atoms with Crippen LogP contribution in [0.5, 0.6) is 5.75 Å². The lowest BCUT2D eigenvalue weighted by atomic mass is 10.1. The molecule has 0 bridgehead atoms. The number of aromatic nitrogens is 1. The molecule has 0 fully saturated rings. The van der Waals surface area contributed by atoms with Crippen LogP contribution in [0.15, 0.2) is 46.9 Å². The molecule has 0 saturated carbocycles. The van der Waals surface area contributed by atoms with E-state index in [1.807, 2.05) is 35.9 Å². The van der Waals surface area contributed by atoms with Crippen molar-refractivity contribution in [1.29, 1.82) is 0 Å². The number of hydrogen-bond acceptors (Lipinski definition) is 4. The van der Waals surface area contributed by atoms with Crippen LogP contribution in [-0.4, -0.2) is 22.2 Å². The first-order chi connectivity index (χ1) is 12.5. The number of esters is 1. The quantitative estimate of drug-likeness (QED) is 0.593. The highest BCUT2D eigenvalue weighted by Crippen LogP contribution is 2.34. The molecule has 3 aromatic rings. The van der Waals surface area contributed by atoms with Crippen molar-refractivity contribution in [3.8, 4) is 5.75 Å². The third-order valence-electron chi connectivity index (χ3n) is 4.33. The van der Waals surface area contributed by atoms with Gasteiger partial charge in [0.05, 0.1) is 22.2 Å². The molecule has 0 aliphatic carbocycles. The van der Waals surface area contributed by atoms with E-state index in [0.29, 0.717) is 35.1 Å². The second-order valence-corrected chi connectivity index (χ2v) is 6.87. The molecule has 1 aromatic heterocycles. The lowest BCUT2D eigenvalue weighted by molar-refractivity contribution is 0.0527. The molecule has 3 rings (SSSR count). The smallest absolute Gasteiger partial charge is 0.340 e. The standard InChI is InChI=1S/C20H21BrN2O3/c1-3-26-20(25)19-14-9-18(24)15(21)10-16(14)23(2)17(19)12-22-11-13-7-5-4-6-8-13/h4-10,22,24H,3,11-12H2,1-2H3. The Balaban J connectivity index is 1.98. The molecule has 0 unspecified atom stereocenters. The summed E-state index contributed by atoms with van der Waals surface area (Å²) in [6.45, 7) is 3.28. The number of fused-ring (bicyclic) bond motifs is 1. The Morgan fingerprint density at radius 2 is 1.96 bits per heavy atom. The van der Waals surface area contributed by atoms with Crippen molar-refractivity contribution < 1.29 is 14.6 Å². The summed E-state index contributed by atoms with van der Waals surface area (Å²) in [4.78, 5) is 12.6. The lowest BCUT2D eigenvalue weighted by Crippen LogP contribution is -2.18. The summed E-state index contributed by atoms with van der Waals surface area (Å²) in [5.41, 5.74) is 3.35. The molecule has 5 nitrogen and oxygen atoms in total. The van der Waals surface area contributed by atoms with E-state index in [9.17, 15) is 9.90 Å². The van der Waals surface area contributed by atoms with Crippen LogP contribution >= 0.6 is 15.9 Å². The Morgan fingerprint density at radius 1 is 1.23 bits per heavy atom. The summed E-state index contributed by atoms with van der Waals surface area (Å²) in [7, 11) is 1.91. The Hall–Kier alpha value is -2.31. The largest absolute Gasteiger partial charge is 0.507 e. The molecule has 0 spiro atoms. The summed E-state index contributed by atoms with van der Waals surface area (Å²) >= 11 is 3.34. The molecular weight excluding hydrogens is 396 g/mol. The van der Waals surface area contributed by atoms with Crippen LogP contribution in [0.3, 0.4) is 0 Å². The number of hydrogen-bond donors (Lipinski definition) is 2. The summed E-state index contributed by atoms with van der Waals surface area (Å²) in [6.07, 6.45) is 0. The van der Waals surface area contributed by atoms with Gasteiger partial charge >= 0.3 is 5.97 Å². The number of nitrogens with one attached hydrogen (secondary N) is 1. The third-order valence-corrected chi connectivity index (χ3v) is 4.97. The molecule has 136 valence electrons. The fourth-order valence-corrected chi connectivity index (χ4v) is 3.39. The highest BCUT2D eigenvalue weighted by molar-refractivity contribution is 9.10. The maximum absolute atomic E-state index is 12.6. The molecule has 0 atom stereocenters. The molecule has 0 radical (unpaired) electrons. The molecule has 2 aromatic carbocycles. The fraction of sp³-hybridized carbons (Fsp3) is 0.250. The molecule has 0 aliphatic rings. The predicted octanol–water partition coefficient (Wildman–Crippen LogP) is 4.11. The van der Waals surface area contributed by atoms with E-state index in [4.69, 9.17) is 4.74 Å². The number of aromatic hydroxyl groups is 1. The predicted molar refractivity (Wildman–Crippen MR) is 105 cm³/mol. The third kappa shape index (κ3) is 3.61. The van der Waals surface area contributed by atoms with Crippen LogP contribution in [0.25, 0.3) is 10.9 Å². The zero-order valence-electron chi connectivity index (χ0n) is 14.8. The number of benzene rings is 2. The van der Waals surface area contributed by atoms with E-state index in [1.165, 1.54) is 5.56 Å². The van der Waals surface area contributed by atoms with Crippen LogP contribution in [0.2, 0.25) is 0 Å². The minimum absolute atomic E-state index is 0.0949. The number of nitrogens with zero attached hydrogens (tertiary/aromatic N) is 1. The van der Waals surface area contributed by atoms with E-state index < -0.39 is 0 Å². The topological polar surface area (TPSA) is 63.5 Å². The SMILES string of the molecule is CCOC(=O)c1c(CNCc2ccccc2)n(C)c2cc(Br)c(O)cc12. The maximum atomic E-state index is 12.6. The minimum atomic E-state index is -0.378. The number of ether oxygens (including phenoxy) is 1. The van der Waals surface area contributed by atoms with Gasteiger partial charge < -0.3 is 19.7 Å². The number of carbonyl (C=O) groups is 1. The maximum Gasteiger partial charge on any atom is 0.340 e. The number of carbonyl (C=O) groups excluding carboxylic acids is 1. The first-order valence-electron chi connectivity index (χ1n) is 8.44. The fourth-order valence-electron chi connectivity index (χ4n) is 3.06. The summed E-state index contributed by atoms with van der Waals surface area (Å²) in [6, 6.07) is 13.5. The van der Waals surface area contributed by atoms with Crippen molar-refractivity contribution in [3.05, 3.63) is 63.8 Å². The van der Waals surface area contributed by atoms with Gasteiger partial charge in [-0.05, 0) is 40.5 Å². The van der Waals surface area contributed by atoms with Gasteiger partial charge in [0.15, 0.2) is 0 Å². The first-order valence-corrected chi connectivity index (χ1v) is 9.23. The van der Waals surface area contributed by atoms with Crippen LogP contribution in [0.4, 0.5) is 0 Å². The van der Waals surface area contributed by atoms with Crippen LogP contribution in [-0.2, 0) is 24.9 Å². The first kappa shape index (κ1) is 18.5. The van der Waals surface area contributed by atoms with Gasteiger partial charge in [-0.3, -0.25) is 0 Å². The zero-order chi connectivity index (χ0) is 18.7. The highest BCUT2D eigenvalue weighted by Gasteiger charge is 2.23. The molecular formula is C20H21BrN2O3. The van der Waals surface area contributed by atoms with Gasteiger partial charge in [-0.1, -0.05) is 30.3 Å². The van der Waals surface area contributed by atoms with Gasteiger partial charge in [-0.15, -0.1) is 0 Å². The van der Waals surface area contributed by atoms with Crippen LogP contribution in [0, 0.1) is 0 Å². The van der Waals surface area contributed by atoms with E-state index in [0.717, 1.165) is 11.2 Å². The van der Waals surface area contributed by atoms with Crippen molar-refractivity contribution in [2.45, 2.75) is 20.0 Å². The van der Waals surface area contributed by atoms with E-state index in [2.05, 4.69) is 33.4 Å². The summed E-state index contributed by atoms with van der Waals surface area (Å²) in [5.74, 6) is -0.284. The summed E-state index contributed by atoms with van der Waals surface area (Å²) in [5, 5.41) is 14.1. The number of rotatable bonds is 6. The van der Waals surface area contributed by atoms with Crippen molar-refractivity contribution in [2.75, 3.05) is 6.61 Å². The number of phenols is 1. The van der Waals surface area contributed by atoms with Gasteiger partial charge in [-0.25, -0.2) is 4.79 Å². The number of halogens is 1. The minimum Gasteiger partial charge on any atom is -0.507 e. The Bertz CT molecular complexity index is 935. The molecule has 2 N–H and O–H groups in total. The molecule has 0 saturated heterocycles. The Morgan fingerprint density at radius 3 is 2.65 bits per heavy atom. The monoisotopic (exact) mass is 416 g/mol. The molecule has 0 amide bonds. The van der Waals surface area contributed by atoms with E-state index in [-0.39, 0.29) is 11.7 Å². The summed E-state index contributed by atoms with van der Waals surface area (Å²) < 4.78 is 7.80. The van der Waals surface area contributed by atoms with Crippen LogP contribution in [0.1, 0.15) is 28.5 Å². The second kappa shape index (κ2) is 7.93.